The molecular weight excluding hydrogens is 453 g/mol. The van der Waals surface area contributed by atoms with Crippen LogP contribution in [0.4, 0.5) is 0 Å². The van der Waals surface area contributed by atoms with Gasteiger partial charge in [-0.1, -0.05) is 83.0 Å². The molecule has 3 rings (SSSR count). The lowest BCUT2D eigenvalue weighted by atomic mass is 10.1. The smallest absolute Gasteiger partial charge is 0.0247 e. The van der Waals surface area contributed by atoms with Crippen LogP contribution in [0.25, 0.3) is 0 Å². The third kappa shape index (κ3) is 5.73. The first-order chi connectivity index (χ1) is 13.7. The molecule has 0 saturated carbocycles. The standard InChI is InChI=1S/C26H22IN/c1-3-21-5-11-24(12-6-21)18-28(19-25-13-7-22(4-2)8-14-25)20-26-15-9-23(17-27)10-16-26/h1-2,5-16H,17-20H2. The van der Waals surface area contributed by atoms with Crippen molar-refractivity contribution in [2.75, 3.05) is 0 Å². The summed E-state index contributed by atoms with van der Waals surface area (Å²) in [5.74, 6) is 5.36. The number of benzene rings is 3. The van der Waals surface area contributed by atoms with Gasteiger partial charge in [-0.2, -0.15) is 0 Å². The molecule has 0 saturated heterocycles. The molecule has 0 aliphatic carbocycles. The second kappa shape index (κ2) is 10.1. The Bertz CT molecular complexity index is 912. The van der Waals surface area contributed by atoms with Crippen LogP contribution < -0.4 is 0 Å². The molecule has 0 N–H and O–H groups in total. The Morgan fingerprint density at radius 1 is 0.571 bits per heavy atom. The Balaban J connectivity index is 1.78. The lowest BCUT2D eigenvalue weighted by Gasteiger charge is -2.23. The molecule has 0 fully saturated rings. The fraction of sp³-hybridized carbons (Fsp3) is 0.154. The van der Waals surface area contributed by atoms with Crippen LogP contribution in [-0.4, -0.2) is 4.90 Å². The number of alkyl halides is 1. The van der Waals surface area contributed by atoms with Gasteiger partial charge in [0.15, 0.2) is 0 Å². The van der Waals surface area contributed by atoms with Crippen molar-refractivity contribution < 1.29 is 0 Å². The van der Waals surface area contributed by atoms with Crippen LogP contribution in [0.5, 0.6) is 0 Å². The predicted molar refractivity (Wildman–Crippen MR) is 126 cm³/mol. The van der Waals surface area contributed by atoms with Crippen molar-refractivity contribution in [1.29, 1.82) is 0 Å². The minimum Gasteiger partial charge on any atom is -0.291 e. The molecule has 0 heterocycles. The third-order valence-corrected chi connectivity index (χ3v) is 5.52. The van der Waals surface area contributed by atoms with Gasteiger partial charge < -0.3 is 0 Å². The third-order valence-electron chi connectivity index (χ3n) is 4.64. The van der Waals surface area contributed by atoms with Gasteiger partial charge in [0.05, 0.1) is 0 Å². The molecular formula is C26H22IN. The summed E-state index contributed by atoms with van der Waals surface area (Å²) < 4.78 is 1.03. The summed E-state index contributed by atoms with van der Waals surface area (Å²) >= 11 is 2.39. The number of nitrogens with zero attached hydrogens (tertiary/aromatic N) is 1. The number of hydrogen-bond acceptors (Lipinski definition) is 1. The van der Waals surface area contributed by atoms with E-state index in [0.29, 0.717) is 0 Å². The molecule has 28 heavy (non-hydrogen) atoms. The van der Waals surface area contributed by atoms with Gasteiger partial charge in [-0.15, -0.1) is 12.8 Å². The van der Waals surface area contributed by atoms with Crippen molar-refractivity contribution in [3.05, 3.63) is 106 Å². The zero-order valence-corrected chi connectivity index (χ0v) is 17.9. The van der Waals surface area contributed by atoms with Gasteiger partial charge in [0.2, 0.25) is 0 Å². The van der Waals surface area contributed by atoms with Gasteiger partial charge in [0.25, 0.3) is 0 Å². The van der Waals surface area contributed by atoms with E-state index in [4.69, 9.17) is 12.8 Å². The van der Waals surface area contributed by atoms with Gasteiger partial charge in [-0.25, -0.2) is 0 Å². The molecule has 0 atom stereocenters. The van der Waals surface area contributed by atoms with E-state index in [1.165, 1.54) is 22.3 Å². The first kappa shape index (κ1) is 20.2. The summed E-state index contributed by atoms with van der Waals surface area (Å²) in [4.78, 5) is 2.44. The number of terminal acetylenes is 2. The Kier molecular flexibility index (Phi) is 7.31. The maximum atomic E-state index is 5.48. The molecule has 3 aromatic rings. The van der Waals surface area contributed by atoms with Crippen LogP contribution >= 0.6 is 22.6 Å². The zero-order chi connectivity index (χ0) is 19.8. The summed E-state index contributed by atoms with van der Waals surface area (Å²) in [6.45, 7) is 2.60. The second-order valence-electron chi connectivity index (χ2n) is 6.78. The SMILES string of the molecule is C#Cc1ccc(CN(Cc2ccc(C#C)cc2)Cc2ccc(CI)cc2)cc1. The Labute approximate surface area is 181 Å². The maximum Gasteiger partial charge on any atom is 0.0247 e. The summed E-state index contributed by atoms with van der Waals surface area (Å²) in [6.07, 6.45) is 11.0. The van der Waals surface area contributed by atoms with E-state index in [1.54, 1.807) is 0 Å². The minimum absolute atomic E-state index is 0.857. The van der Waals surface area contributed by atoms with Gasteiger partial charge in [-0.05, 0) is 46.5 Å². The first-order valence-electron chi connectivity index (χ1n) is 9.17. The van der Waals surface area contributed by atoms with Crippen LogP contribution in [-0.2, 0) is 24.1 Å². The molecule has 3 aromatic carbocycles. The predicted octanol–water partition coefficient (Wildman–Crippen LogP) is 5.79. The number of halogens is 1. The van der Waals surface area contributed by atoms with Crippen LogP contribution in [0, 0.1) is 24.7 Å². The molecule has 0 aromatic heterocycles. The molecule has 0 spiro atoms. The Morgan fingerprint density at radius 2 is 0.893 bits per heavy atom. The van der Waals surface area contributed by atoms with E-state index < -0.39 is 0 Å². The quantitative estimate of drug-likeness (QED) is 0.238. The molecule has 0 unspecified atom stereocenters. The summed E-state index contributed by atoms with van der Waals surface area (Å²) in [5.41, 5.74) is 7.00. The van der Waals surface area contributed by atoms with Crippen molar-refractivity contribution >= 4 is 22.6 Å². The lowest BCUT2D eigenvalue weighted by Crippen LogP contribution is -2.22. The minimum atomic E-state index is 0.857. The van der Waals surface area contributed by atoms with E-state index in [-0.39, 0.29) is 0 Å². The van der Waals surface area contributed by atoms with E-state index in [9.17, 15) is 0 Å². The molecule has 138 valence electrons. The highest BCUT2D eigenvalue weighted by Gasteiger charge is 2.09. The van der Waals surface area contributed by atoms with E-state index in [2.05, 4.69) is 87.9 Å². The highest BCUT2D eigenvalue weighted by molar-refractivity contribution is 14.1. The topological polar surface area (TPSA) is 3.24 Å². The van der Waals surface area contributed by atoms with Crippen molar-refractivity contribution in [1.82, 2.24) is 4.90 Å². The number of hydrogen-bond donors (Lipinski definition) is 0. The van der Waals surface area contributed by atoms with Gasteiger partial charge in [0.1, 0.15) is 0 Å². The number of rotatable bonds is 7. The largest absolute Gasteiger partial charge is 0.291 e. The Hall–Kier alpha value is -2.53. The lowest BCUT2D eigenvalue weighted by molar-refractivity contribution is 0.247. The molecule has 0 bridgehead atoms. The van der Waals surface area contributed by atoms with Crippen LogP contribution in [0.1, 0.15) is 33.4 Å². The Morgan fingerprint density at radius 3 is 1.21 bits per heavy atom. The van der Waals surface area contributed by atoms with Crippen molar-refractivity contribution in [3.63, 3.8) is 0 Å². The first-order valence-corrected chi connectivity index (χ1v) is 10.7. The molecule has 0 aliphatic heterocycles. The maximum absolute atomic E-state index is 5.48. The average molecular weight is 475 g/mol. The van der Waals surface area contributed by atoms with Gasteiger partial charge >= 0.3 is 0 Å². The van der Waals surface area contributed by atoms with Crippen molar-refractivity contribution in [2.24, 2.45) is 0 Å². The fourth-order valence-corrected chi connectivity index (χ4v) is 3.60. The summed E-state index contributed by atoms with van der Waals surface area (Å²) in [5, 5.41) is 0. The summed E-state index contributed by atoms with van der Waals surface area (Å²) in [6, 6.07) is 25.3. The fourth-order valence-electron chi connectivity index (χ4n) is 3.09. The molecule has 0 amide bonds. The molecule has 0 radical (unpaired) electrons. The van der Waals surface area contributed by atoms with E-state index >= 15 is 0 Å². The van der Waals surface area contributed by atoms with Crippen molar-refractivity contribution in [3.8, 4) is 24.7 Å². The van der Waals surface area contributed by atoms with E-state index in [0.717, 1.165) is 35.2 Å². The second-order valence-corrected chi connectivity index (χ2v) is 7.54. The summed E-state index contributed by atoms with van der Waals surface area (Å²) in [7, 11) is 0. The zero-order valence-electron chi connectivity index (χ0n) is 15.7. The average Bonchev–Trinajstić information content (AvgIpc) is 2.75. The molecule has 1 nitrogen and oxygen atoms in total. The highest BCUT2D eigenvalue weighted by Crippen LogP contribution is 2.16. The van der Waals surface area contributed by atoms with Gasteiger partial charge in [0, 0.05) is 35.2 Å². The van der Waals surface area contributed by atoms with Crippen LogP contribution in [0.15, 0.2) is 72.8 Å². The monoisotopic (exact) mass is 475 g/mol. The van der Waals surface area contributed by atoms with Gasteiger partial charge in [-0.3, -0.25) is 4.90 Å². The highest BCUT2D eigenvalue weighted by atomic mass is 127. The van der Waals surface area contributed by atoms with Crippen LogP contribution in [0.3, 0.4) is 0 Å². The normalized spacial score (nSPS) is 10.4. The van der Waals surface area contributed by atoms with E-state index in [1.807, 2.05) is 24.3 Å². The van der Waals surface area contributed by atoms with Crippen LogP contribution in [0.2, 0.25) is 0 Å². The molecule has 0 aliphatic rings. The van der Waals surface area contributed by atoms with Crippen molar-refractivity contribution in [2.45, 2.75) is 24.1 Å². The molecule has 2 heteroatoms.